The van der Waals surface area contributed by atoms with Gasteiger partial charge < -0.3 is 4.98 Å². The maximum Gasteiger partial charge on any atom is 0.328 e. The summed E-state index contributed by atoms with van der Waals surface area (Å²) < 4.78 is 37.5. The molecule has 1 aliphatic rings. The zero-order valence-corrected chi connectivity index (χ0v) is 14.1. The second-order valence-electron chi connectivity index (χ2n) is 6.51. The molecule has 0 atom stereocenters. The summed E-state index contributed by atoms with van der Waals surface area (Å²) in [6.07, 6.45) is 3.66. The van der Waals surface area contributed by atoms with Crippen LogP contribution in [-0.2, 0) is 16.4 Å². The van der Waals surface area contributed by atoms with Crippen LogP contribution in [0.15, 0.2) is 27.8 Å². The maximum absolute atomic E-state index is 13.2. The van der Waals surface area contributed by atoms with Crippen molar-refractivity contribution in [2.75, 3.05) is 6.26 Å². The van der Waals surface area contributed by atoms with E-state index in [1.54, 1.807) is 0 Å². The van der Waals surface area contributed by atoms with Crippen LogP contribution in [0.25, 0.3) is 10.9 Å². The third-order valence-electron chi connectivity index (χ3n) is 4.78. The Kier molecular flexibility index (Phi) is 4.33. The average molecular weight is 354 g/mol. The zero-order valence-electron chi connectivity index (χ0n) is 13.3. The van der Waals surface area contributed by atoms with Crippen molar-refractivity contribution in [3.05, 3.63) is 44.9 Å². The highest BCUT2D eigenvalue weighted by atomic mass is 32.2. The molecule has 130 valence electrons. The molecule has 0 bridgehead atoms. The predicted octanol–water partition coefficient (Wildman–Crippen LogP) is 1.43. The van der Waals surface area contributed by atoms with E-state index in [4.69, 9.17) is 0 Å². The van der Waals surface area contributed by atoms with E-state index in [1.807, 2.05) is 0 Å². The lowest BCUT2D eigenvalue weighted by Gasteiger charge is -2.27. The van der Waals surface area contributed by atoms with Crippen LogP contribution < -0.4 is 11.2 Å². The normalized spacial score (nSPS) is 21.9. The van der Waals surface area contributed by atoms with Crippen molar-refractivity contribution in [1.82, 2.24) is 9.55 Å². The molecule has 8 heteroatoms. The second kappa shape index (κ2) is 6.16. The molecule has 0 unspecified atom stereocenters. The van der Waals surface area contributed by atoms with E-state index < -0.39 is 26.9 Å². The van der Waals surface area contributed by atoms with Crippen molar-refractivity contribution in [1.29, 1.82) is 0 Å². The number of nitrogens with zero attached hydrogens (tertiary/aromatic N) is 1. The first-order valence-corrected chi connectivity index (χ1v) is 9.82. The van der Waals surface area contributed by atoms with Crippen molar-refractivity contribution in [2.24, 2.45) is 5.92 Å². The van der Waals surface area contributed by atoms with E-state index in [9.17, 15) is 22.4 Å². The van der Waals surface area contributed by atoms with Crippen LogP contribution in [0.5, 0.6) is 0 Å². The quantitative estimate of drug-likeness (QED) is 0.903. The minimum absolute atomic E-state index is 0.0831. The van der Waals surface area contributed by atoms with Gasteiger partial charge in [0.25, 0.3) is 5.56 Å². The molecule has 24 heavy (non-hydrogen) atoms. The van der Waals surface area contributed by atoms with E-state index in [0.29, 0.717) is 25.7 Å². The van der Waals surface area contributed by atoms with Gasteiger partial charge in [-0.25, -0.2) is 17.6 Å². The Labute approximate surface area is 138 Å². The number of aromatic nitrogens is 2. The molecule has 3 rings (SSSR count). The second-order valence-corrected chi connectivity index (χ2v) is 8.83. The lowest BCUT2D eigenvalue weighted by Crippen LogP contribution is -2.38. The van der Waals surface area contributed by atoms with Gasteiger partial charge in [0.05, 0.1) is 16.2 Å². The van der Waals surface area contributed by atoms with Crippen LogP contribution >= 0.6 is 0 Å². The summed E-state index contributed by atoms with van der Waals surface area (Å²) >= 11 is 0. The van der Waals surface area contributed by atoms with Crippen LogP contribution in [0.1, 0.15) is 25.7 Å². The first-order chi connectivity index (χ1) is 11.3. The van der Waals surface area contributed by atoms with Gasteiger partial charge in [-0.1, -0.05) is 0 Å². The molecule has 1 N–H and O–H groups in total. The van der Waals surface area contributed by atoms with Crippen molar-refractivity contribution >= 4 is 20.7 Å². The molecule has 1 fully saturated rings. The minimum atomic E-state index is -3.04. The lowest BCUT2D eigenvalue weighted by atomic mass is 9.89. The Morgan fingerprint density at radius 2 is 1.88 bits per heavy atom. The highest BCUT2D eigenvalue weighted by Gasteiger charge is 2.28. The van der Waals surface area contributed by atoms with Gasteiger partial charge >= 0.3 is 5.69 Å². The number of H-pyrrole nitrogens is 1. The van der Waals surface area contributed by atoms with Crippen molar-refractivity contribution in [2.45, 2.75) is 37.5 Å². The van der Waals surface area contributed by atoms with Crippen LogP contribution in [0.4, 0.5) is 4.39 Å². The van der Waals surface area contributed by atoms with Gasteiger partial charge in [-0.05, 0) is 49.8 Å². The number of fused-ring (bicyclic) bond motifs is 1. The summed E-state index contributed by atoms with van der Waals surface area (Å²) in [5.41, 5.74) is -0.829. The van der Waals surface area contributed by atoms with Gasteiger partial charge in [0, 0.05) is 12.8 Å². The Morgan fingerprint density at radius 3 is 2.50 bits per heavy atom. The summed E-state index contributed by atoms with van der Waals surface area (Å²) in [5, 5.41) is -0.0656. The molecule has 0 saturated heterocycles. The summed E-state index contributed by atoms with van der Waals surface area (Å²) in [5.74, 6) is -0.436. The summed E-state index contributed by atoms with van der Waals surface area (Å²) in [6.45, 7) is 0.248. The van der Waals surface area contributed by atoms with E-state index in [1.165, 1.54) is 18.4 Å². The van der Waals surface area contributed by atoms with E-state index in [2.05, 4.69) is 4.98 Å². The highest BCUT2D eigenvalue weighted by Crippen LogP contribution is 2.28. The first kappa shape index (κ1) is 16.9. The number of benzene rings is 1. The number of halogens is 1. The third kappa shape index (κ3) is 3.28. The molecule has 1 aromatic heterocycles. The van der Waals surface area contributed by atoms with Gasteiger partial charge in [-0.3, -0.25) is 9.36 Å². The molecule has 2 aromatic rings. The lowest BCUT2D eigenvalue weighted by molar-refractivity contribution is 0.313. The Bertz CT molecular complexity index is 985. The Morgan fingerprint density at radius 1 is 1.21 bits per heavy atom. The maximum atomic E-state index is 13.2. The number of hydrogen-bond donors (Lipinski definition) is 1. The van der Waals surface area contributed by atoms with Crippen LogP contribution in [0.3, 0.4) is 0 Å². The first-order valence-electron chi connectivity index (χ1n) is 7.87. The fourth-order valence-corrected chi connectivity index (χ4v) is 4.52. The standard InChI is InChI=1S/C16H19FN2O4S/c1-24(22,23)12-5-2-10(3-6-12)9-19-15(20)13-7-4-11(17)8-14(13)18-16(19)21/h4,7-8,10,12H,2-3,5-6,9H2,1H3,(H,18,21). The number of aromatic amines is 1. The fraction of sp³-hybridized carbons (Fsp3) is 0.500. The molecular formula is C16H19FN2O4S. The number of sulfone groups is 1. The zero-order chi connectivity index (χ0) is 17.5. The van der Waals surface area contributed by atoms with Gasteiger partial charge in [-0.2, -0.15) is 0 Å². The summed E-state index contributed by atoms with van der Waals surface area (Å²) in [6, 6.07) is 3.67. The van der Waals surface area contributed by atoms with E-state index in [0.717, 1.165) is 10.6 Å². The number of nitrogens with one attached hydrogen (secondary N) is 1. The highest BCUT2D eigenvalue weighted by molar-refractivity contribution is 7.91. The predicted molar refractivity (Wildman–Crippen MR) is 89.4 cm³/mol. The molecule has 0 radical (unpaired) electrons. The topological polar surface area (TPSA) is 89.0 Å². The van der Waals surface area contributed by atoms with Crippen molar-refractivity contribution in [3.8, 4) is 0 Å². The monoisotopic (exact) mass is 354 g/mol. The Hall–Kier alpha value is -1.96. The molecular weight excluding hydrogens is 335 g/mol. The van der Waals surface area contributed by atoms with Gasteiger partial charge in [0.2, 0.25) is 0 Å². The molecule has 1 aliphatic carbocycles. The van der Waals surface area contributed by atoms with E-state index in [-0.39, 0.29) is 28.6 Å². The Balaban J connectivity index is 1.85. The summed E-state index contributed by atoms with van der Waals surface area (Å²) in [7, 11) is -3.04. The molecule has 1 heterocycles. The van der Waals surface area contributed by atoms with Gasteiger partial charge in [-0.15, -0.1) is 0 Å². The third-order valence-corrected chi connectivity index (χ3v) is 6.47. The number of hydrogen-bond acceptors (Lipinski definition) is 4. The molecule has 6 nitrogen and oxygen atoms in total. The largest absolute Gasteiger partial charge is 0.328 e. The van der Waals surface area contributed by atoms with Crippen LogP contribution in [-0.4, -0.2) is 29.5 Å². The molecule has 0 aliphatic heterocycles. The van der Waals surface area contributed by atoms with Gasteiger partial charge in [0.1, 0.15) is 15.7 Å². The average Bonchev–Trinajstić information content (AvgIpc) is 2.50. The SMILES string of the molecule is CS(=O)(=O)C1CCC(Cn2c(=O)[nH]c3cc(F)ccc3c2=O)CC1. The van der Waals surface area contributed by atoms with Crippen LogP contribution in [0.2, 0.25) is 0 Å². The fourth-order valence-electron chi connectivity index (χ4n) is 3.39. The smallest absolute Gasteiger partial charge is 0.307 e. The molecule has 0 spiro atoms. The van der Waals surface area contributed by atoms with Crippen molar-refractivity contribution < 1.29 is 12.8 Å². The molecule has 1 aromatic carbocycles. The minimum Gasteiger partial charge on any atom is -0.307 e. The van der Waals surface area contributed by atoms with E-state index >= 15 is 0 Å². The van der Waals surface area contributed by atoms with Crippen LogP contribution in [0, 0.1) is 11.7 Å². The molecule has 0 amide bonds. The molecule has 1 saturated carbocycles. The van der Waals surface area contributed by atoms with Crippen molar-refractivity contribution in [3.63, 3.8) is 0 Å². The number of rotatable bonds is 3. The van der Waals surface area contributed by atoms with Gasteiger partial charge in [0.15, 0.2) is 0 Å². The summed E-state index contributed by atoms with van der Waals surface area (Å²) in [4.78, 5) is 27.2.